The average molecular weight is 334 g/mol. The van der Waals surface area contributed by atoms with Crippen molar-refractivity contribution in [1.82, 2.24) is 25.3 Å². The van der Waals surface area contributed by atoms with Gasteiger partial charge in [-0.1, -0.05) is 12.1 Å². The summed E-state index contributed by atoms with van der Waals surface area (Å²) in [5.41, 5.74) is 2.83. The molecule has 0 fully saturated rings. The molecule has 7 heteroatoms. The van der Waals surface area contributed by atoms with Crippen molar-refractivity contribution in [3.8, 4) is 0 Å². The van der Waals surface area contributed by atoms with Gasteiger partial charge in [0.2, 0.25) is 5.95 Å². The number of nitrogens with one attached hydrogen (secondary N) is 2. The molecule has 3 heterocycles. The van der Waals surface area contributed by atoms with Crippen LogP contribution >= 0.6 is 0 Å². The van der Waals surface area contributed by atoms with Gasteiger partial charge < -0.3 is 10.6 Å². The molecule has 7 nitrogen and oxygen atoms in total. The third kappa shape index (κ3) is 4.81. The maximum atomic E-state index is 12.3. The standard InChI is InChI=1S/C18H18N6O/c1-13-9-16(17(25)21-12-15-6-2-3-8-20-15)24-18(23-13)22-11-14-5-4-7-19-10-14/h2-10H,11-12H2,1H3,(H,21,25)(H,22,23,24). The Morgan fingerprint density at radius 2 is 2.00 bits per heavy atom. The lowest BCUT2D eigenvalue weighted by Crippen LogP contribution is -2.25. The molecule has 0 spiro atoms. The second-order valence-electron chi connectivity index (χ2n) is 5.44. The molecule has 0 radical (unpaired) electrons. The number of anilines is 1. The lowest BCUT2D eigenvalue weighted by molar-refractivity contribution is 0.0945. The highest BCUT2D eigenvalue weighted by Gasteiger charge is 2.10. The first kappa shape index (κ1) is 16.5. The van der Waals surface area contributed by atoms with Gasteiger partial charge in [-0.15, -0.1) is 0 Å². The summed E-state index contributed by atoms with van der Waals surface area (Å²) in [5, 5.41) is 5.93. The van der Waals surface area contributed by atoms with E-state index in [4.69, 9.17) is 0 Å². The molecule has 25 heavy (non-hydrogen) atoms. The van der Waals surface area contributed by atoms with Gasteiger partial charge in [0.15, 0.2) is 0 Å². The van der Waals surface area contributed by atoms with Crippen molar-refractivity contribution in [1.29, 1.82) is 0 Å². The molecule has 0 aromatic carbocycles. The molecule has 2 N–H and O–H groups in total. The molecule has 3 aromatic heterocycles. The number of hydrogen-bond acceptors (Lipinski definition) is 6. The Morgan fingerprint density at radius 1 is 1.08 bits per heavy atom. The fourth-order valence-electron chi connectivity index (χ4n) is 2.21. The van der Waals surface area contributed by atoms with Crippen LogP contribution in [0, 0.1) is 6.92 Å². The van der Waals surface area contributed by atoms with E-state index in [0.29, 0.717) is 30.4 Å². The number of amides is 1. The first-order valence-corrected chi connectivity index (χ1v) is 7.87. The van der Waals surface area contributed by atoms with E-state index < -0.39 is 0 Å². The first-order chi connectivity index (χ1) is 12.2. The SMILES string of the molecule is Cc1cc(C(=O)NCc2ccccn2)nc(NCc2cccnc2)n1. The van der Waals surface area contributed by atoms with Crippen LogP contribution in [-0.4, -0.2) is 25.8 Å². The molecule has 0 aliphatic heterocycles. The van der Waals surface area contributed by atoms with Crippen molar-refractivity contribution in [2.75, 3.05) is 5.32 Å². The molecule has 0 atom stereocenters. The van der Waals surface area contributed by atoms with E-state index in [2.05, 4.69) is 30.6 Å². The predicted molar refractivity (Wildman–Crippen MR) is 93.7 cm³/mol. The Kier molecular flexibility index (Phi) is 5.26. The highest BCUT2D eigenvalue weighted by atomic mass is 16.1. The van der Waals surface area contributed by atoms with Crippen LogP contribution in [0.1, 0.15) is 27.4 Å². The Morgan fingerprint density at radius 3 is 2.76 bits per heavy atom. The van der Waals surface area contributed by atoms with E-state index in [1.807, 2.05) is 37.3 Å². The summed E-state index contributed by atoms with van der Waals surface area (Å²) in [5.74, 6) is 0.146. The van der Waals surface area contributed by atoms with Crippen molar-refractivity contribution < 1.29 is 4.79 Å². The summed E-state index contributed by atoms with van der Waals surface area (Å²) < 4.78 is 0. The normalized spacial score (nSPS) is 10.3. The molecule has 0 bridgehead atoms. The quantitative estimate of drug-likeness (QED) is 0.717. The smallest absolute Gasteiger partial charge is 0.270 e. The number of aromatic nitrogens is 4. The van der Waals surface area contributed by atoms with Gasteiger partial charge in [-0.3, -0.25) is 14.8 Å². The number of nitrogens with zero attached hydrogens (tertiary/aromatic N) is 4. The molecular weight excluding hydrogens is 316 g/mol. The lowest BCUT2D eigenvalue weighted by atomic mass is 10.3. The largest absolute Gasteiger partial charge is 0.350 e. The predicted octanol–water partition coefficient (Wildman–Crippen LogP) is 2.12. The van der Waals surface area contributed by atoms with E-state index in [1.54, 1.807) is 24.7 Å². The first-order valence-electron chi connectivity index (χ1n) is 7.87. The number of pyridine rings is 2. The van der Waals surface area contributed by atoms with Crippen LogP contribution in [0.4, 0.5) is 5.95 Å². The molecule has 0 unspecified atom stereocenters. The molecule has 1 amide bonds. The van der Waals surface area contributed by atoms with Gasteiger partial charge >= 0.3 is 0 Å². The van der Waals surface area contributed by atoms with Crippen molar-refractivity contribution in [2.24, 2.45) is 0 Å². The molecule has 3 aromatic rings. The average Bonchev–Trinajstić information content (AvgIpc) is 2.66. The van der Waals surface area contributed by atoms with Crippen LogP contribution in [0.5, 0.6) is 0 Å². The van der Waals surface area contributed by atoms with Gasteiger partial charge in [-0.05, 0) is 36.8 Å². The van der Waals surface area contributed by atoms with E-state index in [9.17, 15) is 4.79 Å². The number of aryl methyl sites for hydroxylation is 1. The van der Waals surface area contributed by atoms with E-state index in [1.165, 1.54) is 0 Å². The summed E-state index contributed by atoms with van der Waals surface area (Å²) in [7, 11) is 0. The fraction of sp³-hybridized carbons (Fsp3) is 0.167. The molecule has 0 saturated carbocycles. The third-order valence-corrected chi connectivity index (χ3v) is 3.42. The highest BCUT2D eigenvalue weighted by Crippen LogP contribution is 2.07. The Hall–Kier alpha value is -3.35. The van der Waals surface area contributed by atoms with Crippen LogP contribution in [0.2, 0.25) is 0 Å². The summed E-state index contributed by atoms with van der Waals surface area (Å²) in [6.07, 6.45) is 5.18. The van der Waals surface area contributed by atoms with Gasteiger partial charge in [0.05, 0.1) is 12.2 Å². The Balaban J connectivity index is 1.65. The van der Waals surface area contributed by atoms with Crippen LogP contribution in [0.25, 0.3) is 0 Å². The number of carbonyl (C=O) groups is 1. The van der Waals surface area contributed by atoms with Gasteiger partial charge in [-0.2, -0.15) is 0 Å². The minimum Gasteiger partial charge on any atom is -0.350 e. The van der Waals surface area contributed by atoms with E-state index in [0.717, 1.165) is 11.3 Å². The minimum atomic E-state index is -0.263. The summed E-state index contributed by atoms with van der Waals surface area (Å²) in [6.45, 7) is 2.71. The molecule has 0 aliphatic carbocycles. The minimum absolute atomic E-state index is 0.263. The number of carbonyl (C=O) groups excluding carboxylic acids is 1. The Labute approximate surface area is 145 Å². The second kappa shape index (κ2) is 7.96. The van der Waals surface area contributed by atoms with Crippen molar-refractivity contribution in [3.63, 3.8) is 0 Å². The fourth-order valence-corrected chi connectivity index (χ4v) is 2.21. The van der Waals surface area contributed by atoms with Crippen LogP contribution in [0.3, 0.4) is 0 Å². The topological polar surface area (TPSA) is 92.7 Å². The monoisotopic (exact) mass is 334 g/mol. The molecule has 126 valence electrons. The van der Waals surface area contributed by atoms with Gasteiger partial charge in [0, 0.05) is 30.8 Å². The maximum Gasteiger partial charge on any atom is 0.270 e. The maximum absolute atomic E-state index is 12.3. The molecular formula is C18H18N6O. The van der Waals surface area contributed by atoms with Crippen molar-refractivity contribution in [3.05, 3.63) is 77.6 Å². The Bertz CT molecular complexity index is 839. The second-order valence-corrected chi connectivity index (χ2v) is 5.44. The zero-order valence-electron chi connectivity index (χ0n) is 13.8. The zero-order valence-corrected chi connectivity index (χ0v) is 13.8. The summed E-state index contributed by atoms with van der Waals surface area (Å²) in [6, 6.07) is 11.0. The molecule has 0 aliphatic rings. The van der Waals surface area contributed by atoms with Crippen LogP contribution in [-0.2, 0) is 13.1 Å². The van der Waals surface area contributed by atoms with Gasteiger partial charge in [0.1, 0.15) is 5.69 Å². The van der Waals surface area contributed by atoms with Crippen LogP contribution < -0.4 is 10.6 Å². The van der Waals surface area contributed by atoms with Gasteiger partial charge in [-0.25, -0.2) is 9.97 Å². The van der Waals surface area contributed by atoms with E-state index >= 15 is 0 Å². The van der Waals surface area contributed by atoms with Gasteiger partial charge in [0.25, 0.3) is 5.91 Å². The highest BCUT2D eigenvalue weighted by molar-refractivity contribution is 5.92. The molecule has 3 rings (SSSR count). The van der Waals surface area contributed by atoms with E-state index in [-0.39, 0.29) is 5.91 Å². The lowest BCUT2D eigenvalue weighted by Gasteiger charge is -2.09. The third-order valence-electron chi connectivity index (χ3n) is 3.42. The number of rotatable bonds is 6. The molecule has 0 saturated heterocycles. The number of hydrogen-bond donors (Lipinski definition) is 2. The van der Waals surface area contributed by atoms with Crippen LogP contribution in [0.15, 0.2) is 55.0 Å². The van der Waals surface area contributed by atoms with Crippen molar-refractivity contribution >= 4 is 11.9 Å². The van der Waals surface area contributed by atoms with Crippen molar-refractivity contribution in [2.45, 2.75) is 20.0 Å². The summed E-state index contributed by atoms with van der Waals surface area (Å²) in [4.78, 5) is 29.2. The summed E-state index contributed by atoms with van der Waals surface area (Å²) >= 11 is 0. The zero-order chi connectivity index (χ0) is 17.5.